The van der Waals surface area contributed by atoms with Crippen molar-refractivity contribution < 1.29 is 14.0 Å². The molecule has 202 valence electrons. The van der Waals surface area contributed by atoms with Crippen LogP contribution in [0.4, 0.5) is 0 Å². The first-order chi connectivity index (χ1) is 19.3. The van der Waals surface area contributed by atoms with Crippen molar-refractivity contribution >= 4 is 40.5 Å². The highest BCUT2D eigenvalue weighted by molar-refractivity contribution is 6.31. The molecule has 6 rings (SSSR count). The molecule has 40 heavy (non-hydrogen) atoms. The Morgan fingerprint density at radius 1 is 1.02 bits per heavy atom. The van der Waals surface area contributed by atoms with Crippen LogP contribution in [-0.4, -0.2) is 34.4 Å². The highest BCUT2D eigenvalue weighted by Crippen LogP contribution is 2.35. The third-order valence-corrected chi connectivity index (χ3v) is 7.93. The molecular weight excluding hydrogens is 530 g/mol. The zero-order valence-corrected chi connectivity index (χ0v) is 22.5. The van der Waals surface area contributed by atoms with E-state index < -0.39 is 11.8 Å². The van der Waals surface area contributed by atoms with Crippen LogP contribution in [0.15, 0.2) is 86.6 Å². The van der Waals surface area contributed by atoms with Crippen molar-refractivity contribution in [2.45, 2.75) is 25.8 Å². The maximum atomic E-state index is 14.0. The first kappa shape index (κ1) is 25.8. The SMILES string of the molecule is Cc1ccccc1C(=O)N/C(=C\c1coc2ccc(Cl)cc2c1=O)C(=O)N1C[C@H]2C[C@@H](C1)c1cccc(=O)n1C2. The Kier molecular flexibility index (Phi) is 6.64. The number of aryl methyl sites for hydroxylation is 1. The van der Waals surface area contributed by atoms with Crippen LogP contribution in [0.1, 0.15) is 39.5 Å². The topological polar surface area (TPSA) is 102 Å². The molecule has 9 heteroatoms. The molecular formula is C31H26ClN3O5. The number of amides is 2. The largest absolute Gasteiger partial charge is 0.463 e. The minimum atomic E-state index is -0.458. The fourth-order valence-electron chi connectivity index (χ4n) is 5.77. The molecule has 4 heterocycles. The van der Waals surface area contributed by atoms with E-state index in [2.05, 4.69) is 5.32 Å². The number of piperidine rings is 1. The third-order valence-electron chi connectivity index (χ3n) is 7.70. The van der Waals surface area contributed by atoms with Crippen molar-refractivity contribution in [1.82, 2.24) is 14.8 Å². The van der Waals surface area contributed by atoms with Crippen molar-refractivity contribution in [3.05, 3.63) is 121 Å². The maximum Gasteiger partial charge on any atom is 0.270 e. The number of nitrogens with zero attached hydrogens (tertiary/aromatic N) is 2. The molecule has 2 atom stereocenters. The summed E-state index contributed by atoms with van der Waals surface area (Å²) >= 11 is 6.11. The Labute approximate surface area is 234 Å². The van der Waals surface area contributed by atoms with Gasteiger partial charge in [0.15, 0.2) is 5.43 Å². The predicted octanol–water partition coefficient (Wildman–Crippen LogP) is 4.33. The van der Waals surface area contributed by atoms with Crippen molar-refractivity contribution in [3.8, 4) is 0 Å². The molecule has 0 radical (unpaired) electrons. The van der Waals surface area contributed by atoms with Gasteiger partial charge in [0.2, 0.25) is 0 Å². The maximum absolute atomic E-state index is 14.0. The second-order valence-electron chi connectivity index (χ2n) is 10.4. The number of fused-ring (bicyclic) bond motifs is 5. The minimum absolute atomic E-state index is 0.00782. The number of nitrogens with one attached hydrogen (secondary N) is 1. The summed E-state index contributed by atoms with van der Waals surface area (Å²) < 4.78 is 7.45. The van der Waals surface area contributed by atoms with Crippen molar-refractivity contribution in [2.75, 3.05) is 13.1 Å². The van der Waals surface area contributed by atoms with E-state index in [-0.39, 0.29) is 39.5 Å². The summed E-state index contributed by atoms with van der Waals surface area (Å²) in [5.41, 5.74) is 2.10. The van der Waals surface area contributed by atoms with E-state index in [4.69, 9.17) is 16.0 Å². The lowest BCUT2D eigenvalue weighted by Gasteiger charge is -2.43. The summed E-state index contributed by atoms with van der Waals surface area (Å²) in [7, 11) is 0. The fourth-order valence-corrected chi connectivity index (χ4v) is 5.95. The van der Waals surface area contributed by atoms with Gasteiger partial charge in [0.1, 0.15) is 17.5 Å². The van der Waals surface area contributed by atoms with Crippen LogP contribution in [0.2, 0.25) is 5.02 Å². The zero-order valence-electron chi connectivity index (χ0n) is 21.7. The number of hydrogen-bond acceptors (Lipinski definition) is 5. The van der Waals surface area contributed by atoms with E-state index in [1.165, 1.54) is 18.4 Å². The Morgan fingerprint density at radius 3 is 2.67 bits per heavy atom. The second-order valence-corrected chi connectivity index (χ2v) is 10.8. The van der Waals surface area contributed by atoms with Crippen LogP contribution >= 0.6 is 11.6 Å². The van der Waals surface area contributed by atoms with Gasteiger partial charge in [0.25, 0.3) is 17.4 Å². The van der Waals surface area contributed by atoms with Crippen LogP contribution < -0.4 is 16.3 Å². The Hall–Kier alpha value is -4.43. The lowest BCUT2D eigenvalue weighted by atomic mass is 9.83. The van der Waals surface area contributed by atoms with E-state index in [9.17, 15) is 19.2 Å². The standard InChI is InChI=1S/C31H26ClN3O5/c1-18-5-2-3-6-23(18)30(38)33-25(12-21-17-40-27-10-9-22(32)13-24(27)29(21)37)31(39)34-14-19-11-20(16-34)26-7-4-8-28(36)35(26)15-19/h2-10,12-13,17,19-20H,11,14-16H2,1H3,(H,33,38)/b25-12-/t19-,20+/m1/s1. The van der Waals surface area contributed by atoms with E-state index in [1.807, 2.05) is 25.1 Å². The van der Waals surface area contributed by atoms with Crippen LogP contribution in [0, 0.1) is 12.8 Å². The lowest BCUT2D eigenvalue weighted by molar-refractivity contribution is -0.130. The molecule has 4 aromatic rings. The first-order valence-electron chi connectivity index (χ1n) is 13.1. The first-order valence-corrected chi connectivity index (χ1v) is 13.4. The molecule has 1 saturated heterocycles. The average Bonchev–Trinajstić information content (AvgIpc) is 2.94. The Bertz CT molecular complexity index is 1820. The molecule has 2 bridgehead atoms. The van der Waals surface area contributed by atoms with Gasteiger partial charge in [-0.05, 0) is 61.2 Å². The zero-order chi connectivity index (χ0) is 28.0. The van der Waals surface area contributed by atoms with E-state index in [1.54, 1.807) is 45.9 Å². The van der Waals surface area contributed by atoms with Gasteiger partial charge in [-0.2, -0.15) is 0 Å². The van der Waals surface area contributed by atoms with E-state index in [0.29, 0.717) is 35.8 Å². The number of carbonyl (C=O) groups is 2. The lowest BCUT2D eigenvalue weighted by Crippen LogP contribution is -2.50. The Balaban J connectivity index is 1.39. The van der Waals surface area contributed by atoms with E-state index >= 15 is 0 Å². The molecule has 0 saturated carbocycles. The number of pyridine rings is 1. The molecule has 2 aliphatic rings. The smallest absolute Gasteiger partial charge is 0.270 e. The van der Waals surface area contributed by atoms with Crippen LogP contribution in [0.25, 0.3) is 17.0 Å². The number of carbonyl (C=O) groups excluding carboxylic acids is 2. The fraction of sp³-hybridized carbons (Fsp3) is 0.226. The van der Waals surface area contributed by atoms with Gasteiger partial charge >= 0.3 is 0 Å². The molecule has 2 amide bonds. The molecule has 2 aromatic heterocycles. The highest BCUT2D eigenvalue weighted by Gasteiger charge is 2.37. The predicted molar refractivity (Wildman–Crippen MR) is 152 cm³/mol. The Morgan fingerprint density at radius 2 is 1.85 bits per heavy atom. The molecule has 2 aliphatic heterocycles. The molecule has 1 fully saturated rings. The van der Waals surface area contributed by atoms with Gasteiger partial charge < -0.3 is 19.2 Å². The van der Waals surface area contributed by atoms with Crippen molar-refractivity contribution in [3.63, 3.8) is 0 Å². The van der Waals surface area contributed by atoms with Crippen LogP contribution in [-0.2, 0) is 11.3 Å². The summed E-state index contributed by atoms with van der Waals surface area (Å²) in [6.45, 7) is 3.15. The van der Waals surface area contributed by atoms with Crippen molar-refractivity contribution in [1.29, 1.82) is 0 Å². The van der Waals surface area contributed by atoms with E-state index in [0.717, 1.165) is 17.7 Å². The van der Waals surface area contributed by atoms with Gasteiger partial charge in [-0.3, -0.25) is 19.2 Å². The van der Waals surface area contributed by atoms with Gasteiger partial charge in [0.05, 0.1) is 10.9 Å². The van der Waals surface area contributed by atoms with Crippen LogP contribution in [0.3, 0.4) is 0 Å². The molecule has 2 aromatic carbocycles. The van der Waals surface area contributed by atoms with Crippen LogP contribution in [0.5, 0.6) is 0 Å². The van der Waals surface area contributed by atoms with Gasteiger partial charge in [-0.25, -0.2) is 0 Å². The number of hydrogen-bond donors (Lipinski definition) is 1. The molecule has 0 unspecified atom stereocenters. The van der Waals surface area contributed by atoms with Gasteiger partial charge in [-0.1, -0.05) is 35.9 Å². The minimum Gasteiger partial charge on any atom is -0.463 e. The summed E-state index contributed by atoms with van der Waals surface area (Å²) in [6.07, 6.45) is 3.52. The second kappa shape index (κ2) is 10.3. The molecule has 8 nitrogen and oxygen atoms in total. The third kappa shape index (κ3) is 4.75. The quantitative estimate of drug-likeness (QED) is 0.378. The van der Waals surface area contributed by atoms with Gasteiger partial charge in [0, 0.05) is 47.9 Å². The summed E-state index contributed by atoms with van der Waals surface area (Å²) in [6, 6.07) is 17.0. The summed E-state index contributed by atoms with van der Waals surface area (Å²) in [5.74, 6) is -0.781. The number of likely N-dealkylation sites (tertiary alicyclic amines) is 1. The number of benzene rings is 2. The number of rotatable bonds is 4. The van der Waals surface area contributed by atoms with Crippen molar-refractivity contribution in [2.24, 2.45) is 5.92 Å². The highest BCUT2D eigenvalue weighted by atomic mass is 35.5. The average molecular weight is 556 g/mol. The normalized spacial score (nSPS) is 18.4. The van der Waals surface area contributed by atoms with Gasteiger partial charge in [-0.15, -0.1) is 0 Å². The molecule has 1 N–H and O–H groups in total. The number of aromatic nitrogens is 1. The summed E-state index contributed by atoms with van der Waals surface area (Å²) in [4.78, 5) is 54.8. The molecule has 0 aliphatic carbocycles. The number of halogens is 1. The summed E-state index contributed by atoms with van der Waals surface area (Å²) in [5, 5.41) is 3.42. The monoisotopic (exact) mass is 555 g/mol. The molecule has 0 spiro atoms.